The molecule has 0 aliphatic rings. The number of benzene rings is 1. The minimum Gasteiger partial charge on any atom is -0.465 e. The summed E-state index contributed by atoms with van der Waals surface area (Å²) in [7, 11) is 2.70. The van der Waals surface area contributed by atoms with E-state index in [1.165, 1.54) is 16.3 Å². The Hall–Kier alpha value is -0.310. The van der Waals surface area contributed by atoms with Gasteiger partial charge in [-0.05, 0) is 24.1 Å². The lowest BCUT2D eigenvalue weighted by Crippen LogP contribution is -2.02. The molecule has 0 spiro atoms. The summed E-state index contributed by atoms with van der Waals surface area (Å²) in [6, 6.07) is 7.20. The molecule has 0 radical (unpaired) electrons. The number of rotatable bonds is 8. The molecule has 0 aliphatic carbocycles. The number of methoxy groups -OCH3 is 1. The largest absolute Gasteiger partial charge is 0.465 e. The third kappa shape index (κ3) is 6.03. The van der Waals surface area contributed by atoms with Gasteiger partial charge in [-0.15, -0.1) is 0 Å². The molecule has 0 aromatic heterocycles. The Labute approximate surface area is 123 Å². The van der Waals surface area contributed by atoms with Crippen LogP contribution in [0.15, 0.2) is 24.3 Å². The van der Waals surface area contributed by atoms with Gasteiger partial charge in [0.2, 0.25) is 0 Å². The number of esters is 1. The van der Waals surface area contributed by atoms with Gasteiger partial charge in [-0.3, -0.25) is 0 Å². The number of hydrogen-bond acceptors (Lipinski definition) is 5. The monoisotopic (exact) mass is 382 g/mol. The zero-order valence-electron chi connectivity index (χ0n) is 10.1. The molecule has 1 aromatic carbocycles. The normalized spacial score (nSPS) is 10.3. The number of ether oxygens (including phenoxy) is 2. The van der Waals surface area contributed by atoms with Crippen LogP contribution in [0, 0.1) is 0 Å². The lowest BCUT2D eigenvalue weighted by molar-refractivity contribution is 0.0600. The molecule has 4 nitrogen and oxygen atoms in total. The van der Waals surface area contributed by atoms with Gasteiger partial charge in [-0.1, -0.05) is 12.1 Å². The van der Waals surface area contributed by atoms with Crippen LogP contribution in [0.2, 0.25) is 0 Å². The molecule has 0 aliphatic heterocycles. The van der Waals surface area contributed by atoms with E-state index in [2.05, 4.69) is 25.9 Å². The lowest BCUT2D eigenvalue weighted by atomic mass is 10.1. The van der Waals surface area contributed by atoms with Crippen molar-refractivity contribution in [2.24, 2.45) is 0 Å². The zero-order valence-corrected chi connectivity index (χ0v) is 13.0. The molecule has 0 amide bonds. The third-order valence-corrected chi connectivity index (χ3v) is 3.22. The van der Waals surface area contributed by atoms with Gasteiger partial charge in [0.05, 0.1) is 35.1 Å². The Morgan fingerprint density at radius 3 is 2.61 bits per heavy atom. The van der Waals surface area contributed by atoms with Gasteiger partial charge in [0, 0.05) is 27.8 Å². The summed E-state index contributed by atoms with van der Waals surface area (Å²) in [6.45, 7) is 1.89. The van der Waals surface area contributed by atoms with E-state index in [4.69, 9.17) is 8.92 Å². The van der Waals surface area contributed by atoms with Crippen molar-refractivity contribution >= 4 is 36.4 Å². The molecule has 100 valence electrons. The predicted molar refractivity (Wildman–Crippen MR) is 79.6 cm³/mol. The summed E-state index contributed by atoms with van der Waals surface area (Å²) in [5, 5.41) is 0. The minimum absolute atomic E-state index is 0.323. The number of carbonyl (C=O) groups excluding carboxylic acids is 1. The van der Waals surface area contributed by atoms with E-state index < -0.39 is 0 Å². The predicted octanol–water partition coefficient (Wildman–Crippen LogP) is 3.39. The van der Waals surface area contributed by atoms with E-state index in [0.29, 0.717) is 25.4 Å². The lowest BCUT2D eigenvalue weighted by Gasteiger charge is -2.05. The molecular formula is C12H15IO4S. The van der Waals surface area contributed by atoms with Crippen LogP contribution >= 0.6 is 30.4 Å². The van der Waals surface area contributed by atoms with Gasteiger partial charge in [-0.2, -0.15) is 0 Å². The summed E-state index contributed by atoms with van der Waals surface area (Å²) < 4.78 is 15.2. The third-order valence-electron chi connectivity index (χ3n) is 2.20. The highest BCUT2D eigenvalue weighted by atomic mass is 127. The maximum atomic E-state index is 11.2. The molecule has 0 N–H and O–H groups in total. The fourth-order valence-electron chi connectivity index (χ4n) is 1.30. The van der Waals surface area contributed by atoms with Crippen molar-refractivity contribution in [1.82, 2.24) is 0 Å². The molecule has 6 heteroatoms. The maximum Gasteiger partial charge on any atom is 0.337 e. The summed E-state index contributed by atoms with van der Waals surface area (Å²) >= 11 is 2.09. The fraction of sp³-hybridized carbons (Fsp3) is 0.417. The van der Waals surface area contributed by atoms with Crippen LogP contribution < -0.4 is 0 Å². The Bertz CT molecular complexity index is 356. The van der Waals surface area contributed by atoms with Crippen LogP contribution in [0.4, 0.5) is 0 Å². The van der Waals surface area contributed by atoms with Crippen LogP contribution in [0.25, 0.3) is 0 Å². The standard InChI is InChI=1S/C12H15IO4S/c1-15-12(14)11-5-3-10(4-6-11)9-16-7-2-8-17-18-13/h3-6H,2,7-9H2,1H3. The van der Waals surface area contributed by atoms with Crippen LogP contribution in [0.1, 0.15) is 22.3 Å². The Balaban J connectivity index is 2.25. The first-order valence-electron chi connectivity index (χ1n) is 5.43. The van der Waals surface area contributed by atoms with E-state index in [9.17, 15) is 4.79 Å². The second-order valence-corrected chi connectivity index (χ2v) is 4.92. The molecule has 0 fully saturated rings. The van der Waals surface area contributed by atoms with E-state index in [0.717, 1.165) is 12.0 Å². The van der Waals surface area contributed by atoms with Crippen LogP contribution in [-0.2, 0) is 20.3 Å². The smallest absolute Gasteiger partial charge is 0.337 e. The summed E-state index contributed by atoms with van der Waals surface area (Å²) in [6.07, 6.45) is 0.871. The summed E-state index contributed by atoms with van der Waals surface area (Å²) in [5.41, 5.74) is 1.58. The maximum absolute atomic E-state index is 11.2. The Morgan fingerprint density at radius 1 is 1.28 bits per heavy atom. The van der Waals surface area contributed by atoms with Gasteiger partial charge in [0.15, 0.2) is 0 Å². The zero-order chi connectivity index (χ0) is 13.2. The van der Waals surface area contributed by atoms with Crippen LogP contribution in [0.3, 0.4) is 0 Å². The molecule has 0 saturated carbocycles. The van der Waals surface area contributed by atoms with Crippen LogP contribution in [0.5, 0.6) is 0 Å². The number of hydrogen-bond donors (Lipinski definition) is 0. The number of halogens is 1. The topological polar surface area (TPSA) is 44.8 Å². The van der Waals surface area contributed by atoms with Gasteiger partial charge in [-0.25, -0.2) is 4.79 Å². The Morgan fingerprint density at radius 2 is 2.00 bits per heavy atom. The van der Waals surface area contributed by atoms with Gasteiger partial charge in [0.1, 0.15) is 0 Å². The molecule has 1 rings (SSSR count). The average Bonchev–Trinajstić information content (AvgIpc) is 2.42. The van der Waals surface area contributed by atoms with Crippen molar-refractivity contribution in [2.45, 2.75) is 13.0 Å². The highest BCUT2D eigenvalue weighted by Gasteiger charge is 2.04. The van der Waals surface area contributed by atoms with E-state index in [1.807, 2.05) is 12.1 Å². The molecule has 0 saturated heterocycles. The highest BCUT2D eigenvalue weighted by Crippen LogP contribution is 2.12. The van der Waals surface area contributed by atoms with E-state index >= 15 is 0 Å². The molecule has 0 atom stereocenters. The van der Waals surface area contributed by atoms with E-state index in [1.54, 1.807) is 12.1 Å². The molecule has 18 heavy (non-hydrogen) atoms. The van der Waals surface area contributed by atoms with Crippen molar-refractivity contribution < 1.29 is 18.5 Å². The van der Waals surface area contributed by atoms with Crippen molar-refractivity contribution in [3.63, 3.8) is 0 Å². The summed E-state index contributed by atoms with van der Waals surface area (Å²) in [5.74, 6) is -0.323. The molecule has 0 unspecified atom stereocenters. The quantitative estimate of drug-likeness (QED) is 0.299. The Kier molecular flexibility index (Phi) is 8.40. The SMILES string of the molecule is COC(=O)c1ccc(COCCCOSI)cc1. The first-order valence-corrected chi connectivity index (χ1v) is 8.71. The average molecular weight is 382 g/mol. The second kappa shape index (κ2) is 9.60. The van der Waals surface area contributed by atoms with Crippen molar-refractivity contribution in [2.75, 3.05) is 20.3 Å². The van der Waals surface area contributed by atoms with E-state index in [-0.39, 0.29) is 5.97 Å². The first-order chi connectivity index (χ1) is 8.77. The minimum atomic E-state index is -0.323. The summed E-state index contributed by atoms with van der Waals surface area (Å²) in [4.78, 5) is 11.2. The van der Waals surface area contributed by atoms with Crippen molar-refractivity contribution in [3.8, 4) is 0 Å². The fourth-order valence-corrected chi connectivity index (χ4v) is 2.02. The van der Waals surface area contributed by atoms with Gasteiger partial charge >= 0.3 is 5.97 Å². The van der Waals surface area contributed by atoms with Crippen molar-refractivity contribution in [1.29, 1.82) is 0 Å². The van der Waals surface area contributed by atoms with Crippen molar-refractivity contribution in [3.05, 3.63) is 35.4 Å². The molecule has 1 aromatic rings. The molecule has 0 heterocycles. The molecular weight excluding hydrogens is 367 g/mol. The highest BCUT2D eigenvalue weighted by molar-refractivity contribution is 14.2. The number of carbonyl (C=O) groups is 1. The van der Waals surface area contributed by atoms with Gasteiger partial charge in [0.25, 0.3) is 0 Å². The first kappa shape index (κ1) is 15.7. The second-order valence-electron chi connectivity index (χ2n) is 3.48. The van der Waals surface area contributed by atoms with Gasteiger partial charge < -0.3 is 13.7 Å². The van der Waals surface area contributed by atoms with Crippen LogP contribution in [-0.4, -0.2) is 26.3 Å². The molecule has 0 bridgehead atoms.